The van der Waals surface area contributed by atoms with Crippen LogP contribution in [0.25, 0.3) is 27.2 Å². The van der Waals surface area contributed by atoms with Gasteiger partial charge in [-0.1, -0.05) is 18.2 Å². The number of anilines is 1. The summed E-state index contributed by atoms with van der Waals surface area (Å²) < 4.78 is 51.6. The topological polar surface area (TPSA) is 85.2 Å². The molecule has 1 aromatic heterocycles. The molecule has 4 rings (SSSR count). The lowest BCUT2D eigenvalue weighted by atomic mass is 9.97. The number of hydrogen-bond acceptors (Lipinski definition) is 6. The predicted molar refractivity (Wildman–Crippen MR) is 126 cm³/mol. The Hall–Kier alpha value is -3.97. The van der Waals surface area contributed by atoms with Gasteiger partial charge in [-0.05, 0) is 36.6 Å². The van der Waals surface area contributed by atoms with E-state index in [1.165, 1.54) is 37.4 Å². The molecule has 1 aliphatic rings. The number of rotatable bonds is 6. The van der Waals surface area contributed by atoms with Crippen LogP contribution in [0.1, 0.15) is 12.8 Å². The Kier molecular flexibility index (Phi) is 6.98. The van der Waals surface area contributed by atoms with Gasteiger partial charge in [-0.25, -0.2) is 14.2 Å². The van der Waals surface area contributed by atoms with Crippen molar-refractivity contribution < 1.29 is 27.8 Å². The van der Waals surface area contributed by atoms with Crippen molar-refractivity contribution in [2.24, 2.45) is 5.73 Å². The lowest BCUT2D eigenvalue weighted by molar-refractivity contribution is -0.0494. The highest BCUT2D eigenvalue weighted by molar-refractivity contribution is 5.88. The number of halogens is 3. The third-order valence-electron chi connectivity index (χ3n) is 5.86. The van der Waals surface area contributed by atoms with Crippen molar-refractivity contribution in [1.82, 2.24) is 4.98 Å². The van der Waals surface area contributed by atoms with Crippen LogP contribution < -0.4 is 20.1 Å². The van der Waals surface area contributed by atoms with E-state index in [0.717, 1.165) is 6.07 Å². The number of nitrogens with zero attached hydrogens (tertiary/aromatic N) is 3. The second-order valence-corrected chi connectivity index (χ2v) is 8.07. The summed E-state index contributed by atoms with van der Waals surface area (Å²) in [6, 6.07) is 9.74. The molecule has 0 atom stereocenters. The van der Waals surface area contributed by atoms with Crippen LogP contribution in [0, 0.1) is 12.4 Å². The van der Waals surface area contributed by atoms with Gasteiger partial charge in [0.05, 0.1) is 24.9 Å². The maximum atomic E-state index is 14.6. The van der Waals surface area contributed by atoms with E-state index in [9.17, 15) is 18.3 Å². The minimum atomic E-state index is -3.14. The van der Waals surface area contributed by atoms with Crippen molar-refractivity contribution in [1.29, 1.82) is 0 Å². The molecule has 35 heavy (non-hydrogen) atoms. The van der Waals surface area contributed by atoms with Crippen molar-refractivity contribution >= 4 is 11.5 Å². The zero-order valence-electron chi connectivity index (χ0n) is 18.8. The number of phenolic OH excluding ortho intramolecular Hbond substituents is 1. The molecular weight excluding hydrogens is 461 g/mol. The van der Waals surface area contributed by atoms with Gasteiger partial charge in [0.1, 0.15) is 17.4 Å². The monoisotopic (exact) mass is 484 g/mol. The highest BCUT2D eigenvalue weighted by Crippen LogP contribution is 2.44. The molecule has 10 heteroatoms. The number of piperidine rings is 1. The summed E-state index contributed by atoms with van der Waals surface area (Å²) >= 11 is 0. The Bertz CT molecular complexity index is 1270. The number of nitrogens with two attached hydrogens (primary N) is 1. The third-order valence-corrected chi connectivity index (χ3v) is 5.86. The molecule has 0 bridgehead atoms. The fourth-order valence-electron chi connectivity index (χ4n) is 4.07. The third kappa shape index (κ3) is 5.10. The largest absolute Gasteiger partial charge is 0.504 e. The van der Waals surface area contributed by atoms with Crippen molar-refractivity contribution in [3.63, 3.8) is 0 Å². The van der Waals surface area contributed by atoms with E-state index in [1.54, 1.807) is 6.07 Å². The van der Waals surface area contributed by atoms with E-state index in [1.807, 2.05) is 4.90 Å². The molecule has 3 N–H and O–H groups in total. The lowest BCUT2D eigenvalue weighted by Gasteiger charge is -2.32. The van der Waals surface area contributed by atoms with Crippen LogP contribution in [0.3, 0.4) is 0 Å². The van der Waals surface area contributed by atoms with Crippen molar-refractivity contribution in [3.8, 4) is 39.6 Å². The Morgan fingerprint density at radius 3 is 2.43 bits per heavy atom. The first-order valence-electron chi connectivity index (χ1n) is 10.9. The molecule has 1 saturated heterocycles. The lowest BCUT2D eigenvalue weighted by Crippen LogP contribution is -2.40. The molecule has 1 aliphatic heterocycles. The number of methoxy groups -OCH3 is 1. The molecule has 0 spiro atoms. The Labute approximate surface area is 200 Å². The molecule has 7 nitrogen and oxygen atoms in total. The summed E-state index contributed by atoms with van der Waals surface area (Å²) in [5, 5.41) is 10.3. The van der Waals surface area contributed by atoms with Gasteiger partial charge in [-0.3, -0.25) is 0 Å². The van der Waals surface area contributed by atoms with Gasteiger partial charge in [-0.15, -0.1) is 0 Å². The van der Waals surface area contributed by atoms with E-state index in [-0.39, 0.29) is 45.8 Å². The number of benzene rings is 2. The zero-order chi connectivity index (χ0) is 25.1. The Balaban J connectivity index is 1.97. The molecule has 3 aromatic rings. The van der Waals surface area contributed by atoms with Gasteiger partial charge in [0.2, 0.25) is 5.69 Å². The van der Waals surface area contributed by atoms with Gasteiger partial charge in [-0.2, -0.15) is 8.78 Å². The maximum absolute atomic E-state index is 14.6. The molecule has 1 fully saturated rings. The summed E-state index contributed by atoms with van der Waals surface area (Å²) in [4.78, 5) is 9.75. The highest BCUT2D eigenvalue weighted by atomic mass is 19.3. The number of hydrogen-bond donors (Lipinski definition) is 2. The molecule has 0 radical (unpaired) electrons. The van der Waals surface area contributed by atoms with Crippen LogP contribution in [0.4, 0.5) is 24.7 Å². The standard InChI is InChI=1S/C25H23F3N4O3/c1-30-18-5-3-15(11-17(18)26)24-23(14-4-6-20(34-2)19(33)12-14)21(35-25(27)28)13-22(31-24)32-9-7-16(29)8-10-32/h3-6,11-13,16,25,33H,7-10,29H2,2H3. The van der Waals surface area contributed by atoms with Crippen LogP contribution in [0.15, 0.2) is 42.5 Å². The second kappa shape index (κ2) is 10.1. The number of alkyl halides is 2. The molecule has 2 heterocycles. The minimum absolute atomic E-state index is 0.0410. The minimum Gasteiger partial charge on any atom is -0.504 e. The zero-order valence-corrected chi connectivity index (χ0v) is 18.8. The van der Waals surface area contributed by atoms with E-state index < -0.39 is 12.4 Å². The van der Waals surface area contributed by atoms with Gasteiger partial charge < -0.3 is 25.2 Å². The summed E-state index contributed by atoms with van der Waals surface area (Å²) in [7, 11) is 1.38. The van der Waals surface area contributed by atoms with E-state index in [2.05, 4.69) is 4.85 Å². The fourth-order valence-corrected chi connectivity index (χ4v) is 4.07. The highest BCUT2D eigenvalue weighted by Gasteiger charge is 2.25. The number of aromatic hydroxyl groups is 1. The molecule has 0 unspecified atom stereocenters. The number of phenols is 1. The average molecular weight is 484 g/mol. The van der Waals surface area contributed by atoms with E-state index in [4.69, 9.17) is 26.8 Å². The average Bonchev–Trinajstić information content (AvgIpc) is 2.83. The molecule has 0 saturated carbocycles. The first-order valence-corrected chi connectivity index (χ1v) is 10.9. The number of ether oxygens (including phenoxy) is 2. The van der Waals surface area contributed by atoms with E-state index in [0.29, 0.717) is 37.3 Å². The first-order chi connectivity index (χ1) is 16.8. The van der Waals surface area contributed by atoms with Crippen LogP contribution in [-0.4, -0.2) is 42.9 Å². The summed E-state index contributed by atoms with van der Waals surface area (Å²) in [6.45, 7) is 5.09. The Morgan fingerprint density at radius 2 is 1.83 bits per heavy atom. The normalized spacial score (nSPS) is 14.1. The molecule has 0 aliphatic carbocycles. The van der Waals surface area contributed by atoms with Crippen LogP contribution in [0.2, 0.25) is 0 Å². The Morgan fingerprint density at radius 1 is 1.11 bits per heavy atom. The number of pyridine rings is 1. The van der Waals surface area contributed by atoms with Gasteiger partial charge in [0.15, 0.2) is 11.5 Å². The summed E-state index contributed by atoms with van der Waals surface area (Å²) in [6.07, 6.45) is 1.40. The second-order valence-electron chi connectivity index (χ2n) is 8.07. The van der Waals surface area contributed by atoms with Crippen molar-refractivity contribution in [3.05, 3.63) is 59.7 Å². The molecule has 0 amide bonds. The van der Waals surface area contributed by atoms with Crippen LogP contribution >= 0.6 is 0 Å². The van der Waals surface area contributed by atoms with Gasteiger partial charge in [0, 0.05) is 30.8 Å². The van der Waals surface area contributed by atoms with Gasteiger partial charge in [0.25, 0.3) is 0 Å². The van der Waals surface area contributed by atoms with Crippen molar-refractivity contribution in [2.75, 3.05) is 25.1 Å². The SMILES string of the molecule is [C-]#[N+]c1ccc(-c2nc(N3CCC(N)CC3)cc(OC(F)F)c2-c2ccc(OC)c(O)c2)cc1F. The molecule has 182 valence electrons. The van der Waals surface area contributed by atoms with Crippen LogP contribution in [-0.2, 0) is 0 Å². The molecular formula is C25H23F3N4O3. The summed E-state index contributed by atoms with van der Waals surface area (Å²) in [5.74, 6) is -0.614. The first kappa shape index (κ1) is 24.2. The summed E-state index contributed by atoms with van der Waals surface area (Å²) in [5.41, 5.74) is 6.69. The van der Waals surface area contributed by atoms with Crippen LogP contribution in [0.5, 0.6) is 17.2 Å². The predicted octanol–water partition coefficient (Wildman–Crippen LogP) is 5.35. The smallest absolute Gasteiger partial charge is 0.387 e. The van der Waals surface area contributed by atoms with E-state index >= 15 is 0 Å². The fraction of sp³-hybridized carbons (Fsp3) is 0.280. The number of aromatic nitrogens is 1. The molecule has 2 aromatic carbocycles. The quantitative estimate of drug-likeness (QED) is 0.459. The van der Waals surface area contributed by atoms with Crippen molar-refractivity contribution in [2.45, 2.75) is 25.5 Å². The van der Waals surface area contributed by atoms with Gasteiger partial charge >= 0.3 is 6.61 Å². The maximum Gasteiger partial charge on any atom is 0.387 e.